The zero-order chi connectivity index (χ0) is 15.9. The van der Waals surface area contributed by atoms with Gasteiger partial charge in [-0.25, -0.2) is 0 Å². The second-order valence-corrected chi connectivity index (χ2v) is 6.43. The van der Waals surface area contributed by atoms with E-state index in [2.05, 4.69) is 32.8 Å². The molecule has 2 N–H and O–H groups in total. The van der Waals surface area contributed by atoms with Gasteiger partial charge >= 0.3 is 0 Å². The van der Waals surface area contributed by atoms with E-state index in [1.165, 1.54) is 11.1 Å². The summed E-state index contributed by atoms with van der Waals surface area (Å²) in [5.74, 6) is 0.105. The summed E-state index contributed by atoms with van der Waals surface area (Å²) in [4.78, 5) is 7.54. The Balaban J connectivity index is 2.03. The molecule has 0 radical (unpaired) electrons. The number of hydrogen-bond acceptors (Lipinski definition) is 2. The summed E-state index contributed by atoms with van der Waals surface area (Å²) < 4.78 is 0.744. The fourth-order valence-electron chi connectivity index (χ4n) is 2.26. The maximum atomic E-state index is 10.3. The number of aliphatic imine (C=N–C) groups is 1. The van der Waals surface area contributed by atoms with Crippen molar-refractivity contribution in [2.75, 3.05) is 0 Å². The van der Waals surface area contributed by atoms with Crippen molar-refractivity contribution in [2.45, 2.75) is 13.8 Å². The molecule has 0 amide bonds. The molecule has 3 aromatic rings. The topological polar surface area (TPSA) is 48.4 Å². The molecule has 0 aliphatic rings. The second kappa shape index (κ2) is 5.78. The highest BCUT2D eigenvalue weighted by Gasteiger charge is 2.14. The van der Waals surface area contributed by atoms with Crippen LogP contribution in [0.25, 0.3) is 10.9 Å². The normalized spacial score (nSPS) is 11.6. The number of hydrogen-bond donors (Lipinski definition) is 2. The van der Waals surface area contributed by atoms with E-state index in [4.69, 9.17) is 11.6 Å². The van der Waals surface area contributed by atoms with Gasteiger partial charge in [0.1, 0.15) is 5.69 Å². The zero-order valence-corrected chi connectivity index (χ0v) is 14.5. The van der Waals surface area contributed by atoms with Gasteiger partial charge in [0.05, 0.1) is 27.8 Å². The van der Waals surface area contributed by atoms with E-state index in [1.807, 2.05) is 37.3 Å². The van der Waals surface area contributed by atoms with Gasteiger partial charge in [-0.15, -0.1) is 0 Å². The molecule has 22 heavy (non-hydrogen) atoms. The summed E-state index contributed by atoms with van der Waals surface area (Å²) in [7, 11) is 0. The standard InChI is InChI=1S/C17H14BrClN2O/c1-9-3-4-11(7-10(9)2)20-8-14-17(22)15-13(21-14)6-5-12(18)16(15)19/h3-8,21-22H,1-2H3. The number of nitrogens with zero attached hydrogens (tertiary/aromatic N) is 1. The number of halogens is 2. The predicted octanol–water partition coefficient (Wildman–Crippen LogP) is 5.66. The van der Waals surface area contributed by atoms with E-state index < -0.39 is 0 Å². The molecular formula is C17H14BrClN2O. The summed E-state index contributed by atoms with van der Waals surface area (Å²) >= 11 is 9.59. The van der Waals surface area contributed by atoms with Crippen molar-refractivity contribution in [3.05, 3.63) is 56.6 Å². The molecule has 1 heterocycles. The van der Waals surface area contributed by atoms with Crippen LogP contribution in [0.2, 0.25) is 5.02 Å². The number of aromatic amines is 1. The van der Waals surface area contributed by atoms with Gasteiger partial charge in [-0.05, 0) is 65.2 Å². The van der Waals surface area contributed by atoms with Gasteiger partial charge in [-0.2, -0.15) is 0 Å². The average Bonchev–Trinajstić information content (AvgIpc) is 2.81. The number of aromatic nitrogens is 1. The van der Waals surface area contributed by atoms with E-state index in [0.29, 0.717) is 16.1 Å². The monoisotopic (exact) mass is 376 g/mol. The molecule has 2 aromatic carbocycles. The highest BCUT2D eigenvalue weighted by atomic mass is 79.9. The Kier molecular flexibility index (Phi) is 3.98. The van der Waals surface area contributed by atoms with Crippen LogP contribution < -0.4 is 0 Å². The maximum Gasteiger partial charge on any atom is 0.151 e. The van der Waals surface area contributed by atoms with Crippen LogP contribution in [-0.4, -0.2) is 16.3 Å². The number of aromatic hydroxyl groups is 1. The quantitative estimate of drug-likeness (QED) is 0.556. The van der Waals surface area contributed by atoms with E-state index in [1.54, 1.807) is 6.21 Å². The maximum absolute atomic E-state index is 10.3. The van der Waals surface area contributed by atoms with Crippen molar-refractivity contribution in [2.24, 2.45) is 4.99 Å². The summed E-state index contributed by atoms with van der Waals surface area (Å²) in [6.45, 7) is 4.11. The first kappa shape index (κ1) is 15.1. The Morgan fingerprint density at radius 1 is 1.18 bits per heavy atom. The van der Waals surface area contributed by atoms with Crippen molar-refractivity contribution in [3.63, 3.8) is 0 Å². The van der Waals surface area contributed by atoms with Gasteiger partial charge in [0.25, 0.3) is 0 Å². The third-order valence-electron chi connectivity index (χ3n) is 3.69. The van der Waals surface area contributed by atoms with Crippen LogP contribution >= 0.6 is 27.5 Å². The first-order valence-electron chi connectivity index (χ1n) is 6.77. The molecule has 0 aliphatic carbocycles. The van der Waals surface area contributed by atoms with Crippen molar-refractivity contribution in [1.82, 2.24) is 4.98 Å². The van der Waals surface area contributed by atoms with Gasteiger partial charge in [0.15, 0.2) is 5.75 Å². The predicted molar refractivity (Wildman–Crippen MR) is 95.8 cm³/mol. The molecule has 3 nitrogen and oxygen atoms in total. The lowest BCUT2D eigenvalue weighted by Gasteiger charge is -2.00. The minimum atomic E-state index is 0.105. The fourth-order valence-corrected chi connectivity index (χ4v) is 2.85. The largest absolute Gasteiger partial charge is 0.505 e. The number of H-pyrrole nitrogens is 1. The Bertz CT molecular complexity index is 899. The molecule has 1 aromatic heterocycles. The van der Waals surface area contributed by atoms with Crippen molar-refractivity contribution < 1.29 is 5.11 Å². The lowest BCUT2D eigenvalue weighted by molar-refractivity contribution is 0.480. The van der Waals surface area contributed by atoms with Crippen LogP contribution in [0.15, 0.2) is 39.8 Å². The van der Waals surface area contributed by atoms with Crippen molar-refractivity contribution in [3.8, 4) is 5.75 Å². The van der Waals surface area contributed by atoms with Crippen LogP contribution in [-0.2, 0) is 0 Å². The molecule has 0 fully saturated rings. The third-order valence-corrected chi connectivity index (χ3v) is 4.97. The Morgan fingerprint density at radius 3 is 2.68 bits per heavy atom. The smallest absolute Gasteiger partial charge is 0.151 e. The molecule has 0 aliphatic heterocycles. The van der Waals surface area contributed by atoms with Gasteiger partial charge in [-0.1, -0.05) is 17.7 Å². The molecule has 0 atom stereocenters. The summed E-state index contributed by atoms with van der Waals surface area (Å²) in [6.07, 6.45) is 1.61. The van der Waals surface area contributed by atoms with Crippen molar-refractivity contribution >= 4 is 50.3 Å². The number of rotatable bonds is 2. The lowest BCUT2D eigenvalue weighted by Crippen LogP contribution is -1.82. The molecule has 3 rings (SSSR count). The highest BCUT2D eigenvalue weighted by Crippen LogP contribution is 2.38. The van der Waals surface area contributed by atoms with Gasteiger partial charge in [0.2, 0.25) is 0 Å². The first-order valence-corrected chi connectivity index (χ1v) is 7.94. The summed E-state index contributed by atoms with van der Waals surface area (Å²) in [5.41, 5.74) is 4.56. The van der Waals surface area contributed by atoms with Gasteiger partial charge in [0, 0.05) is 4.47 Å². The minimum Gasteiger partial charge on any atom is -0.505 e. The molecular weight excluding hydrogens is 364 g/mol. The van der Waals surface area contributed by atoms with E-state index in [9.17, 15) is 5.11 Å². The van der Waals surface area contributed by atoms with Gasteiger partial charge < -0.3 is 10.1 Å². The minimum absolute atomic E-state index is 0.105. The Labute approximate surface area is 141 Å². The Hall–Kier alpha value is -1.78. The molecule has 0 saturated heterocycles. The lowest BCUT2D eigenvalue weighted by atomic mass is 10.1. The molecule has 0 unspecified atom stereocenters. The van der Waals surface area contributed by atoms with Crippen LogP contribution in [0.5, 0.6) is 5.75 Å². The number of aryl methyl sites for hydroxylation is 2. The average molecular weight is 378 g/mol. The molecule has 5 heteroatoms. The zero-order valence-electron chi connectivity index (χ0n) is 12.1. The summed E-state index contributed by atoms with van der Waals surface area (Å²) in [5, 5.41) is 11.4. The van der Waals surface area contributed by atoms with Crippen LogP contribution in [0.4, 0.5) is 5.69 Å². The number of fused-ring (bicyclic) bond motifs is 1. The molecule has 0 saturated carbocycles. The van der Waals surface area contributed by atoms with Crippen LogP contribution in [0.1, 0.15) is 16.8 Å². The molecule has 0 spiro atoms. The number of nitrogens with one attached hydrogen (secondary N) is 1. The molecule has 112 valence electrons. The van der Waals surface area contributed by atoms with E-state index in [-0.39, 0.29) is 5.75 Å². The summed E-state index contributed by atoms with van der Waals surface area (Å²) in [6, 6.07) is 9.68. The van der Waals surface area contributed by atoms with Crippen LogP contribution in [0.3, 0.4) is 0 Å². The Morgan fingerprint density at radius 2 is 1.95 bits per heavy atom. The SMILES string of the molecule is Cc1ccc(N=Cc2[nH]c3ccc(Br)c(Cl)c3c2O)cc1C. The van der Waals surface area contributed by atoms with E-state index >= 15 is 0 Å². The van der Waals surface area contributed by atoms with E-state index in [0.717, 1.165) is 15.7 Å². The fraction of sp³-hybridized carbons (Fsp3) is 0.118. The third kappa shape index (κ3) is 2.64. The highest BCUT2D eigenvalue weighted by molar-refractivity contribution is 9.10. The van der Waals surface area contributed by atoms with Crippen LogP contribution in [0, 0.1) is 13.8 Å². The first-order chi connectivity index (χ1) is 10.5. The van der Waals surface area contributed by atoms with Crippen molar-refractivity contribution in [1.29, 1.82) is 0 Å². The number of benzene rings is 2. The second-order valence-electron chi connectivity index (χ2n) is 5.20. The molecule has 0 bridgehead atoms. The van der Waals surface area contributed by atoms with Gasteiger partial charge in [-0.3, -0.25) is 4.99 Å².